The molecule has 0 bridgehead atoms. The van der Waals surface area contributed by atoms with Crippen LogP contribution in [0.15, 0.2) is 40.9 Å². The molecular weight excluding hydrogens is 407 g/mol. The van der Waals surface area contributed by atoms with E-state index in [1.54, 1.807) is 18.2 Å². The van der Waals surface area contributed by atoms with Crippen LogP contribution in [0.5, 0.6) is 5.75 Å². The van der Waals surface area contributed by atoms with E-state index in [1.165, 1.54) is 18.2 Å². The number of nitrogens with two attached hydrogens (primary N) is 1. The lowest BCUT2D eigenvalue weighted by Crippen LogP contribution is -2.34. The quantitative estimate of drug-likeness (QED) is 0.743. The van der Waals surface area contributed by atoms with Crippen molar-refractivity contribution in [3.05, 3.63) is 62.8 Å². The van der Waals surface area contributed by atoms with Crippen LogP contribution in [0.2, 0.25) is 5.02 Å². The number of carbonyl (C=O) groups is 1. The van der Waals surface area contributed by atoms with Crippen LogP contribution >= 0.6 is 39.7 Å². The molecule has 0 aliphatic carbocycles. The van der Waals surface area contributed by atoms with E-state index in [0.29, 0.717) is 15.8 Å². The molecule has 120 valence electrons. The minimum atomic E-state index is -0.443. The summed E-state index contributed by atoms with van der Waals surface area (Å²) < 4.78 is 19.8. The zero-order chi connectivity index (χ0) is 17.0. The molecule has 0 saturated heterocycles. The third-order valence-corrected chi connectivity index (χ3v) is 3.94. The van der Waals surface area contributed by atoms with Crippen LogP contribution in [-0.2, 0) is 6.61 Å². The average molecular weight is 418 g/mol. The number of ether oxygens (including phenoxy) is 1. The summed E-state index contributed by atoms with van der Waals surface area (Å²) in [6.07, 6.45) is 0. The van der Waals surface area contributed by atoms with Crippen molar-refractivity contribution in [3.63, 3.8) is 0 Å². The summed E-state index contributed by atoms with van der Waals surface area (Å²) >= 11 is 13.9. The molecule has 0 aromatic heterocycles. The molecule has 1 amide bonds. The van der Waals surface area contributed by atoms with E-state index in [1.807, 2.05) is 0 Å². The first-order chi connectivity index (χ1) is 10.9. The molecule has 0 spiro atoms. The fourth-order valence-electron chi connectivity index (χ4n) is 1.76. The molecule has 2 aromatic carbocycles. The van der Waals surface area contributed by atoms with Crippen molar-refractivity contribution in [3.8, 4) is 5.75 Å². The summed E-state index contributed by atoms with van der Waals surface area (Å²) in [6, 6.07) is 9.08. The smallest absolute Gasteiger partial charge is 0.257 e. The zero-order valence-electron chi connectivity index (χ0n) is 11.6. The van der Waals surface area contributed by atoms with Gasteiger partial charge >= 0.3 is 0 Å². The van der Waals surface area contributed by atoms with E-state index >= 15 is 0 Å². The lowest BCUT2D eigenvalue weighted by Gasteiger charge is -2.11. The molecule has 0 radical (unpaired) electrons. The number of amides is 1. The maximum absolute atomic E-state index is 13.7. The van der Waals surface area contributed by atoms with Crippen molar-refractivity contribution in [1.82, 2.24) is 5.32 Å². The molecule has 0 saturated carbocycles. The Morgan fingerprint density at radius 1 is 1.39 bits per heavy atom. The molecule has 0 aliphatic rings. The highest BCUT2D eigenvalue weighted by molar-refractivity contribution is 9.10. The normalized spacial score (nSPS) is 10.2. The average Bonchev–Trinajstić information content (AvgIpc) is 2.47. The second-order valence-corrected chi connectivity index (χ2v) is 6.15. The van der Waals surface area contributed by atoms with Gasteiger partial charge in [0.2, 0.25) is 0 Å². The predicted molar refractivity (Wildman–Crippen MR) is 94.1 cm³/mol. The number of hydrogen-bond donors (Lipinski definition) is 2. The zero-order valence-corrected chi connectivity index (χ0v) is 14.8. The van der Waals surface area contributed by atoms with Gasteiger partial charge in [0.1, 0.15) is 18.2 Å². The van der Waals surface area contributed by atoms with Gasteiger partial charge in [-0.3, -0.25) is 10.1 Å². The largest absolute Gasteiger partial charge is 0.488 e. The number of benzene rings is 2. The van der Waals surface area contributed by atoms with Crippen molar-refractivity contribution < 1.29 is 13.9 Å². The van der Waals surface area contributed by atoms with Crippen molar-refractivity contribution in [2.45, 2.75) is 6.61 Å². The first kappa shape index (κ1) is 17.7. The van der Waals surface area contributed by atoms with Crippen LogP contribution in [-0.4, -0.2) is 11.0 Å². The van der Waals surface area contributed by atoms with E-state index in [2.05, 4.69) is 33.5 Å². The molecule has 0 atom stereocenters. The van der Waals surface area contributed by atoms with Gasteiger partial charge in [0.05, 0.1) is 9.50 Å². The van der Waals surface area contributed by atoms with Gasteiger partial charge in [-0.15, -0.1) is 0 Å². The molecule has 0 unspecified atom stereocenters. The van der Waals surface area contributed by atoms with Crippen molar-refractivity contribution in [2.75, 3.05) is 0 Å². The van der Waals surface area contributed by atoms with Crippen LogP contribution in [0.4, 0.5) is 4.39 Å². The lowest BCUT2D eigenvalue weighted by atomic mass is 10.2. The Balaban J connectivity index is 2.13. The minimum absolute atomic E-state index is 0.0392. The van der Waals surface area contributed by atoms with Gasteiger partial charge in [-0.25, -0.2) is 4.39 Å². The first-order valence-electron chi connectivity index (χ1n) is 6.34. The van der Waals surface area contributed by atoms with Crippen LogP contribution in [0.25, 0.3) is 0 Å². The molecule has 4 nitrogen and oxygen atoms in total. The van der Waals surface area contributed by atoms with Crippen molar-refractivity contribution >= 4 is 50.8 Å². The lowest BCUT2D eigenvalue weighted by molar-refractivity contribution is 0.0977. The number of hydrogen-bond acceptors (Lipinski definition) is 3. The standard InChI is InChI=1S/C15H11BrClFN2O2S/c16-10-6-8(14(21)20-15(19)23)4-5-13(10)22-7-9-11(17)2-1-3-12(9)18/h1-6H,7H2,(H3,19,20,21,23). The molecule has 2 aromatic rings. The summed E-state index contributed by atoms with van der Waals surface area (Å²) in [7, 11) is 0. The molecular formula is C15H11BrClFN2O2S. The van der Waals surface area contributed by atoms with Crippen LogP contribution < -0.4 is 15.8 Å². The molecule has 2 rings (SSSR count). The number of thiocarbonyl (C=S) groups is 1. The number of halogens is 3. The predicted octanol–water partition coefficient (Wildman–Crippen LogP) is 3.79. The Labute approximate surface area is 150 Å². The Morgan fingerprint density at radius 3 is 2.74 bits per heavy atom. The van der Waals surface area contributed by atoms with E-state index in [4.69, 9.17) is 22.1 Å². The van der Waals surface area contributed by atoms with Crippen LogP contribution in [0.3, 0.4) is 0 Å². The maximum atomic E-state index is 13.7. The summed E-state index contributed by atoms with van der Waals surface area (Å²) in [4.78, 5) is 11.8. The van der Waals surface area contributed by atoms with E-state index in [0.717, 1.165) is 0 Å². The minimum Gasteiger partial charge on any atom is -0.488 e. The molecule has 0 aliphatic heterocycles. The highest BCUT2D eigenvalue weighted by atomic mass is 79.9. The maximum Gasteiger partial charge on any atom is 0.257 e. The Morgan fingerprint density at radius 2 is 2.13 bits per heavy atom. The van der Waals surface area contributed by atoms with E-state index < -0.39 is 11.7 Å². The third kappa shape index (κ3) is 4.63. The molecule has 23 heavy (non-hydrogen) atoms. The Hall–Kier alpha value is -1.70. The SMILES string of the molecule is NC(=S)NC(=O)c1ccc(OCc2c(F)cccc2Cl)c(Br)c1. The summed E-state index contributed by atoms with van der Waals surface area (Å²) in [5, 5.41) is 2.50. The van der Waals surface area contributed by atoms with Gasteiger partial charge in [0.25, 0.3) is 5.91 Å². The highest BCUT2D eigenvalue weighted by Crippen LogP contribution is 2.28. The van der Waals surface area contributed by atoms with Gasteiger partial charge in [0.15, 0.2) is 5.11 Å². The number of nitrogens with one attached hydrogen (secondary N) is 1. The van der Waals surface area contributed by atoms with Gasteiger partial charge in [-0.05, 0) is 58.5 Å². The summed E-state index contributed by atoms with van der Waals surface area (Å²) in [6.45, 7) is -0.0392. The third-order valence-electron chi connectivity index (χ3n) is 2.86. The Kier molecular flexibility index (Phi) is 5.92. The van der Waals surface area contributed by atoms with Gasteiger partial charge < -0.3 is 10.5 Å². The van der Waals surface area contributed by atoms with Gasteiger partial charge in [0, 0.05) is 11.1 Å². The number of rotatable bonds is 4. The fourth-order valence-corrected chi connectivity index (χ4v) is 2.57. The first-order valence-corrected chi connectivity index (χ1v) is 7.92. The summed E-state index contributed by atoms with van der Waals surface area (Å²) in [5.74, 6) is -0.431. The molecule has 3 N–H and O–H groups in total. The topological polar surface area (TPSA) is 64.3 Å². The fraction of sp³-hybridized carbons (Fsp3) is 0.0667. The van der Waals surface area contributed by atoms with Crippen molar-refractivity contribution in [1.29, 1.82) is 0 Å². The van der Waals surface area contributed by atoms with Crippen LogP contribution in [0.1, 0.15) is 15.9 Å². The summed E-state index contributed by atoms with van der Waals surface area (Å²) in [5.41, 5.74) is 5.86. The van der Waals surface area contributed by atoms with E-state index in [9.17, 15) is 9.18 Å². The number of carbonyl (C=O) groups excluding carboxylic acids is 1. The molecule has 0 heterocycles. The van der Waals surface area contributed by atoms with Gasteiger partial charge in [-0.2, -0.15) is 0 Å². The van der Waals surface area contributed by atoms with Crippen LogP contribution in [0, 0.1) is 5.82 Å². The second kappa shape index (κ2) is 7.72. The Bertz CT molecular complexity index is 753. The van der Waals surface area contributed by atoms with Crippen molar-refractivity contribution in [2.24, 2.45) is 5.73 Å². The van der Waals surface area contributed by atoms with E-state index in [-0.39, 0.29) is 22.3 Å². The second-order valence-electron chi connectivity index (χ2n) is 4.45. The highest BCUT2D eigenvalue weighted by Gasteiger charge is 2.12. The molecule has 8 heteroatoms. The monoisotopic (exact) mass is 416 g/mol. The van der Waals surface area contributed by atoms with Gasteiger partial charge in [-0.1, -0.05) is 17.7 Å². The molecule has 0 fully saturated rings.